The van der Waals surface area contributed by atoms with Crippen molar-refractivity contribution in [3.05, 3.63) is 29.8 Å². The molecular weight excluding hydrogens is 256 g/mol. The first-order chi connectivity index (χ1) is 9.74. The smallest absolute Gasteiger partial charge is 0.236 e. The molecule has 5 nitrogen and oxygen atoms in total. The average Bonchev–Trinajstić information content (AvgIpc) is 2.99. The van der Waals surface area contributed by atoms with Crippen LogP contribution in [0.15, 0.2) is 24.3 Å². The number of benzene rings is 1. The van der Waals surface area contributed by atoms with Gasteiger partial charge in [-0.3, -0.25) is 4.79 Å². The number of hydrogen-bond acceptors (Lipinski definition) is 4. The largest absolute Gasteiger partial charge is 0.496 e. The molecule has 2 rings (SSSR count). The Morgan fingerprint density at radius 3 is 2.95 bits per heavy atom. The molecule has 0 bridgehead atoms. The first-order valence-electron chi connectivity index (χ1n) is 6.96. The number of carbonyl (C=O) groups is 1. The maximum atomic E-state index is 12.0. The standard InChI is InChI=1S/C15H22N2O3/c1-19-14-7-3-2-5-12(14)10-17(15(18)9-16)11-13-6-4-8-20-13/h2-3,5,7,13H,4,6,8-11,16H2,1H3. The number of hydrogen-bond donors (Lipinski definition) is 1. The highest BCUT2D eigenvalue weighted by atomic mass is 16.5. The van der Waals surface area contributed by atoms with Gasteiger partial charge in [-0.2, -0.15) is 0 Å². The van der Waals surface area contributed by atoms with Crippen LogP contribution in [-0.4, -0.2) is 43.7 Å². The van der Waals surface area contributed by atoms with Crippen LogP contribution < -0.4 is 10.5 Å². The summed E-state index contributed by atoms with van der Waals surface area (Å²) in [5, 5.41) is 0. The van der Waals surface area contributed by atoms with Crippen LogP contribution in [0.5, 0.6) is 5.75 Å². The molecule has 1 atom stereocenters. The number of rotatable bonds is 6. The topological polar surface area (TPSA) is 64.8 Å². The van der Waals surface area contributed by atoms with E-state index in [2.05, 4.69) is 0 Å². The third-order valence-electron chi connectivity index (χ3n) is 3.53. The number of amides is 1. The van der Waals surface area contributed by atoms with Crippen molar-refractivity contribution in [2.24, 2.45) is 5.73 Å². The molecule has 1 saturated heterocycles. The fourth-order valence-electron chi connectivity index (χ4n) is 2.46. The summed E-state index contributed by atoms with van der Waals surface area (Å²) >= 11 is 0. The van der Waals surface area contributed by atoms with Gasteiger partial charge in [0.05, 0.1) is 19.8 Å². The lowest BCUT2D eigenvalue weighted by Gasteiger charge is -2.25. The zero-order valence-corrected chi connectivity index (χ0v) is 11.9. The van der Waals surface area contributed by atoms with Crippen molar-refractivity contribution >= 4 is 5.91 Å². The van der Waals surface area contributed by atoms with Gasteiger partial charge in [0.15, 0.2) is 0 Å². The number of carbonyl (C=O) groups excluding carboxylic acids is 1. The zero-order valence-electron chi connectivity index (χ0n) is 11.9. The van der Waals surface area contributed by atoms with E-state index in [1.165, 1.54) is 0 Å². The normalized spacial score (nSPS) is 18.0. The van der Waals surface area contributed by atoms with E-state index in [9.17, 15) is 4.79 Å². The summed E-state index contributed by atoms with van der Waals surface area (Å²) in [7, 11) is 1.63. The first kappa shape index (κ1) is 14.8. The number of para-hydroxylation sites is 1. The predicted octanol–water partition coefficient (Wildman–Crippen LogP) is 1.16. The average molecular weight is 278 g/mol. The molecule has 0 aliphatic carbocycles. The van der Waals surface area contributed by atoms with Gasteiger partial charge >= 0.3 is 0 Å². The van der Waals surface area contributed by atoms with Gasteiger partial charge in [-0.15, -0.1) is 0 Å². The fraction of sp³-hybridized carbons (Fsp3) is 0.533. The van der Waals surface area contributed by atoms with Gasteiger partial charge in [0, 0.05) is 25.3 Å². The summed E-state index contributed by atoms with van der Waals surface area (Å²) in [6, 6.07) is 7.71. The molecule has 1 aliphatic heterocycles. The third-order valence-corrected chi connectivity index (χ3v) is 3.53. The second-order valence-corrected chi connectivity index (χ2v) is 4.93. The Kier molecular flexibility index (Phi) is 5.38. The van der Waals surface area contributed by atoms with Crippen LogP contribution in [0.4, 0.5) is 0 Å². The zero-order chi connectivity index (χ0) is 14.4. The molecule has 5 heteroatoms. The van der Waals surface area contributed by atoms with Crippen molar-refractivity contribution in [3.63, 3.8) is 0 Å². The van der Waals surface area contributed by atoms with Crippen LogP contribution in [0.25, 0.3) is 0 Å². The van der Waals surface area contributed by atoms with Gasteiger partial charge in [-0.05, 0) is 18.9 Å². The molecule has 1 heterocycles. The quantitative estimate of drug-likeness (QED) is 0.848. The lowest BCUT2D eigenvalue weighted by Crippen LogP contribution is -2.40. The van der Waals surface area contributed by atoms with E-state index in [1.54, 1.807) is 12.0 Å². The lowest BCUT2D eigenvalue weighted by atomic mass is 10.1. The van der Waals surface area contributed by atoms with Crippen LogP contribution in [0, 0.1) is 0 Å². The Morgan fingerprint density at radius 1 is 1.50 bits per heavy atom. The van der Waals surface area contributed by atoms with Crippen molar-refractivity contribution < 1.29 is 14.3 Å². The number of methoxy groups -OCH3 is 1. The Balaban J connectivity index is 2.08. The van der Waals surface area contributed by atoms with Crippen LogP contribution in [0.1, 0.15) is 18.4 Å². The van der Waals surface area contributed by atoms with E-state index >= 15 is 0 Å². The second kappa shape index (κ2) is 7.26. The molecule has 1 amide bonds. The van der Waals surface area contributed by atoms with E-state index < -0.39 is 0 Å². The SMILES string of the molecule is COc1ccccc1CN(CC1CCCO1)C(=O)CN. The van der Waals surface area contributed by atoms with E-state index in [0.29, 0.717) is 13.1 Å². The lowest BCUT2D eigenvalue weighted by molar-refractivity contribution is -0.131. The summed E-state index contributed by atoms with van der Waals surface area (Å²) in [6.07, 6.45) is 2.18. The third kappa shape index (κ3) is 3.71. The van der Waals surface area contributed by atoms with E-state index in [1.807, 2.05) is 24.3 Å². The molecule has 0 radical (unpaired) electrons. The molecule has 1 fully saturated rings. The molecule has 1 unspecified atom stereocenters. The number of nitrogens with zero attached hydrogens (tertiary/aromatic N) is 1. The van der Waals surface area contributed by atoms with Crippen molar-refractivity contribution in [1.29, 1.82) is 0 Å². The van der Waals surface area contributed by atoms with Crippen molar-refractivity contribution in [2.45, 2.75) is 25.5 Å². The first-order valence-corrected chi connectivity index (χ1v) is 6.96. The highest BCUT2D eigenvalue weighted by molar-refractivity contribution is 5.78. The molecular formula is C15H22N2O3. The van der Waals surface area contributed by atoms with Crippen molar-refractivity contribution in [2.75, 3.05) is 26.8 Å². The fourth-order valence-corrected chi connectivity index (χ4v) is 2.46. The van der Waals surface area contributed by atoms with Gasteiger partial charge < -0.3 is 20.1 Å². The van der Waals surface area contributed by atoms with Gasteiger partial charge in [-0.25, -0.2) is 0 Å². The van der Waals surface area contributed by atoms with Crippen molar-refractivity contribution in [3.8, 4) is 5.75 Å². The van der Waals surface area contributed by atoms with Gasteiger partial charge in [-0.1, -0.05) is 18.2 Å². The Labute approximate surface area is 119 Å². The maximum Gasteiger partial charge on any atom is 0.236 e. The molecule has 1 aliphatic rings. The predicted molar refractivity (Wildman–Crippen MR) is 76.4 cm³/mol. The highest BCUT2D eigenvalue weighted by Crippen LogP contribution is 2.21. The minimum atomic E-state index is -0.0635. The maximum absolute atomic E-state index is 12.0. The minimum Gasteiger partial charge on any atom is -0.496 e. The van der Waals surface area contributed by atoms with E-state index in [-0.39, 0.29) is 18.6 Å². The second-order valence-electron chi connectivity index (χ2n) is 4.93. The Morgan fingerprint density at radius 2 is 2.30 bits per heavy atom. The molecule has 1 aromatic carbocycles. The summed E-state index contributed by atoms with van der Waals surface area (Å²) in [6.45, 7) is 1.89. The van der Waals surface area contributed by atoms with Gasteiger partial charge in [0.1, 0.15) is 5.75 Å². The molecule has 0 aromatic heterocycles. The Hall–Kier alpha value is -1.59. The summed E-state index contributed by atoms with van der Waals surface area (Å²) < 4.78 is 10.9. The highest BCUT2D eigenvalue weighted by Gasteiger charge is 2.22. The molecule has 110 valence electrons. The Bertz CT molecular complexity index is 444. The van der Waals surface area contributed by atoms with E-state index in [0.717, 1.165) is 30.8 Å². The van der Waals surface area contributed by atoms with Gasteiger partial charge in [0.25, 0.3) is 0 Å². The molecule has 0 spiro atoms. The summed E-state index contributed by atoms with van der Waals surface area (Å²) in [4.78, 5) is 13.8. The summed E-state index contributed by atoms with van der Waals surface area (Å²) in [5.41, 5.74) is 6.49. The van der Waals surface area contributed by atoms with E-state index in [4.69, 9.17) is 15.2 Å². The van der Waals surface area contributed by atoms with Crippen LogP contribution in [0.2, 0.25) is 0 Å². The van der Waals surface area contributed by atoms with Crippen LogP contribution >= 0.6 is 0 Å². The number of nitrogens with two attached hydrogens (primary N) is 1. The molecule has 2 N–H and O–H groups in total. The van der Waals surface area contributed by atoms with Crippen LogP contribution in [0.3, 0.4) is 0 Å². The monoisotopic (exact) mass is 278 g/mol. The summed E-state index contributed by atoms with van der Waals surface area (Å²) in [5.74, 6) is 0.723. The molecule has 0 saturated carbocycles. The molecule has 1 aromatic rings. The van der Waals surface area contributed by atoms with Gasteiger partial charge in [0.2, 0.25) is 5.91 Å². The number of ether oxygens (including phenoxy) is 2. The molecule has 20 heavy (non-hydrogen) atoms. The van der Waals surface area contributed by atoms with Crippen LogP contribution in [-0.2, 0) is 16.1 Å². The minimum absolute atomic E-state index is 0.0157. The van der Waals surface area contributed by atoms with Crippen molar-refractivity contribution in [1.82, 2.24) is 4.90 Å².